The highest BCUT2D eigenvalue weighted by molar-refractivity contribution is 7.98. The number of aliphatic carboxylic acids is 1. The average molecular weight is 218 g/mol. The molecule has 1 rings (SSSR count). The van der Waals surface area contributed by atoms with Crippen LogP contribution in [0.25, 0.3) is 0 Å². The van der Waals surface area contributed by atoms with Crippen LogP contribution in [0.4, 0.5) is 8.78 Å². The van der Waals surface area contributed by atoms with Gasteiger partial charge in [-0.3, -0.25) is 4.79 Å². The van der Waals surface area contributed by atoms with E-state index >= 15 is 0 Å². The lowest BCUT2D eigenvalue weighted by atomic mass is 10.1. The van der Waals surface area contributed by atoms with E-state index in [0.717, 1.165) is 11.8 Å². The molecule has 5 heteroatoms. The number of carboxylic acid groups (broad SMARTS) is 1. The number of thioether (sulfide) groups is 1. The number of benzene rings is 1. The zero-order valence-corrected chi connectivity index (χ0v) is 8.20. The van der Waals surface area contributed by atoms with E-state index in [9.17, 15) is 13.6 Å². The molecule has 76 valence electrons. The maximum Gasteiger partial charge on any atom is 0.307 e. The maximum absolute atomic E-state index is 13.2. The highest BCUT2D eigenvalue weighted by Crippen LogP contribution is 2.23. The fraction of sp³-hybridized carbons (Fsp3) is 0.222. The van der Waals surface area contributed by atoms with Crippen molar-refractivity contribution in [1.82, 2.24) is 0 Å². The van der Waals surface area contributed by atoms with E-state index in [1.54, 1.807) is 6.26 Å². The van der Waals surface area contributed by atoms with Crippen molar-refractivity contribution < 1.29 is 18.7 Å². The Bertz CT molecular complexity index is 366. The molecule has 0 aliphatic heterocycles. The number of carbonyl (C=O) groups is 1. The maximum atomic E-state index is 13.2. The molecule has 0 atom stereocenters. The summed E-state index contributed by atoms with van der Waals surface area (Å²) in [5.74, 6) is -3.23. The number of carboxylic acids is 1. The van der Waals surface area contributed by atoms with Crippen LogP contribution < -0.4 is 0 Å². The van der Waals surface area contributed by atoms with E-state index in [1.165, 1.54) is 12.1 Å². The minimum atomic E-state index is -1.18. The first-order chi connectivity index (χ1) is 6.56. The van der Waals surface area contributed by atoms with Crippen LogP contribution in [0.2, 0.25) is 0 Å². The van der Waals surface area contributed by atoms with Gasteiger partial charge < -0.3 is 5.11 Å². The zero-order valence-electron chi connectivity index (χ0n) is 7.38. The molecule has 0 spiro atoms. The molecule has 0 bridgehead atoms. The topological polar surface area (TPSA) is 37.3 Å². The van der Waals surface area contributed by atoms with Gasteiger partial charge in [-0.1, -0.05) is 6.07 Å². The van der Waals surface area contributed by atoms with Crippen molar-refractivity contribution in [2.24, 2.45) is 0 Å². The van der Waals surface area contributed by atoms with Crippen LogP contribution in [-0.2, 0) is 11.2 Å². The van der Waals surface area contributed by atoms with E-state index in [2.05, 4.69) is 0 Å². The lowest BCUT2D eigenvalue weighted by molar-refractivity contribution is -0.136. The molecule has 0 aliphatic carbocycles. The van der Waals surface area contributed by atoms with E-state index < -0.39 is 24.0 Å². The van der Waals surface area contributed by atoms with Gasteiger partial charge in [0.05, 0.1) is 6.42 Å². The van der Waals surface area contributed by atoms with Crippen LogP contribution in [0.15, 0.2) is 17.0 Å². The normalized spacial score (nSPS) is 10.2. The Hall–Kier alpha value is -1.10. The lowest BCUT2D eigenvalue weighted by Crippen LogP contribution is -2.04. The summed E-state index contributed by atoms with van der Waals surface area (Å²) in [7, 11) is 0. The molecule has 0 amide bonds. The van der Waals surface area contributed by atoms with Gasteiger partial charge in [0.25, 0.3) is 0 Å². The smallest absolute Gasteiger partial charge is 0.307 e. The van der Waals surface area contributed by atoms with Crippen LogP contribution in [0.5, 0.6) is 0 Å². The van der Waals surface area contributed by atoms with Crippen LogP contribution in [0.3, 0.4) is 0 Å². The van der Waals surface area contributed by atoms with E-state index in [0.29, 0.717) is 0 Å². The molecule has 0 unspecified atom stereocenters. The highest BCUT2D eigenvalue weighted by atomic mass is 32.2. The van der Waals surface area contributed by atoms with Gasteiger partial charge in [0.2, 0.25) is 0 Å². The Morgan fingerprint density at radius 3 is 2.57 bits per heavy atom. The Kier molecular flexibility index (Phi) is 3.46. The Labute approximate surface area is 83.9 Å². The van der Waals surface area contributed by atoms with Gasteiger partial charge in [-0.05, 0) is 12.3 Å². The average Bonchev–Trinajstić information content (AvgIpc) is 2.13. The summed E-state index contributed by atoms with van der Waals surface area (Å²) in [6.07, 6.45) is 1.12. The third-order valence-corrected chi connectivity index (χ3v) is 2.44. The fourth-order valence-electron chi connectivity index (χ4n) is 1.03. The summed E-state index contributed by atoms with van der Waals surface area (Å²) in [5.41, 5.74) is -0.132. The molecule has 0 saturated carbocycles. The Balaban J connectivity index is 3.10. The van der Waals surface area contributed by atoms with Gasteiger partial charge in [-0.2, -0.15) is 0 Å². The number of halogens is 2. The quantitative estimate of drug-likeness (QED) is 0.791. The van der Waals surface area contributed by atoms with Crippen molar-refractivity contribution in [2.75, 3.05) is 6.26 Å². The second kappa shape index (κ2) is 4.41. The third-order valence-electron chi connectivity index (χ3n) is 1.69. The molecule has 1 aromatic rings. The zero-order chi connectivity index (χ0) is 10.7. The molecule has 0 fully saturated rings. The molecule has 14 heavy (non-hydrogen) atoms. The van der Waals surface area contributed by atoms with E-state index in [-0.39, 0.29) is 10.5 Å². The molecule has 0 aliphatic rings. The van der Waals surface area contributed by atoms with Crippen molar-refractivity contribution in [3.05, 3.63) is 29.3 Å². The molecular formula is C9H8F2O2S. The summed E-state index contributed by atoms with van der Waals surface area (Å²) in [6, 6.07) is 2.67. The third kappa shape index (κ3) is 2.23. The highest BCUT2D eigenvalue weighted by Gasteiger charge is 2.14. The summed E-state index contributed by atoms with van der Waals surface area (Å²) in [4.78, 5) is 10.5. The van der Waals surface area contributed by atoms with Crippen molar-refractivity contribution in [2.45, 2.75) is 11.3 Å². The van der Waals surface area contributed by atoms with Gasteiger partial charge >= 0.3 is 5.97 Å². The second-order valence-corrected chi connectivity index (χ2v) is 3.47. The van der Waals surface area contributed by atoms with Crippen LogP contribution in [0, 0.1) is 11.6 Å². The first kappa shape index (κ1) is 11.0. The summed E-state index contributed by atoms with van der Waals surface area (Å²) in [6.45, 7) is 0. The van der Waals surface area contributed by atoms with Crippen molar-refractivity contribution >= 4 is 17.7 Å². The number of rotatable bonds is 3. The summed E-state index contributed by atoms with van der Waals surface area (Å²) >= 11 is 1.07. The number of hydrogen-bond acceptors (Lipinski definition) is 2. The minimum absolute atomic E-state index is 0.132. The Morgan fingerprint density at radius 1 is 1.43 bits per heavy atom. The molecule has 0 saturated heterocycles. The summed E-state index contributed by atoms with van der Waals surface area (Å²) < 4.78 is 26.3. The standard InChI is InChI=1S/C9H8F2O2S/c1-14-6-3-2-5(4-7(12)13)8(10)9(6)11/h2-3H,4H2,1H3,(H,12,13). The van der Waals surface area contributed by atoms with Crippen LogP contribution in [0.1, 0.15) is 5.56 Å². The molecule has 0 radical (unpaired) electrons. The fourth-order valence-corrected chi connectivity index (χ4v) is 1.50. The molecule has 1 aromatic carbocycles. The SMILES string of the molecule is CSc1ccc(CC(=O)O)c(F)c1F. The van der Waals surface area contributed by atoms with Crippen molar-refractivity contribution in [3.63, 3.8) is 0 Å². The Morgan fingerprint density at radius 2 is 2.07 bits per heavy atom. The van der Waals surface area contributed by atoms with Crippen molar-refractivity contribution in [1.29, 1.82) is 0 Å². The predicted molar refractivity (Wildman–Crippen MR) is 49.5 cm³/mol. The van der Waals surface area contributed by atoms with Gasteiger partial charge in [0.15, 0.2) is 11.6 Å². The second-order valence-electron chi connectivity index (χ2n) is 2.63. The largest absolute Gasteiger partial charge is 0.481 e. The van der Waals surface area contributed by atoms with Crippen LogP contribution in [-0.4, -0.2) is 17.3 Å². The lowest BCUT2D eigenvalue weighted by Gasteiger charge is -2.04. The first-order valence-electron chi connectivity index (χ1n) is 3.79. The number of hydrogen-bond donors (Lipinski definition) is 1. The molecule has 2 nitrogen and oxygen atoms in total. The molecule has 0 heterocycles. The molecule has 1 N–H and O–H groups in total. The van der Waals surface area contributed by atoms with Crippen LogP contribution >= 0.6 is 11.8 Å². The molecular weight excluding hydrogens is 210 g/mol. The monoisotopic (exact) mass is 218 g/mol. The minimum Gasteiger partial charge on any atom is -0.481 e. The van der Waals surface area contributed by atoms with Gasteiger partial charge in [0.1, 0.15) is 0 Å². The first-order valence-corrected chi connectivity index (χ1v) is 5.01. The van der Waals surface area contributed by atoms with E-state index in [4.69, 9.17) is 5.11 Å². The van der Waals surface area contributed by atoms with Crippen molar-refractivity contribution in [3.8, 4) is 0 Å². The van der Waals surface area contributed by atoms with Gasteiger partial charge in [0, 0.05) is 10.5 Å². The van der Waals surface area contributed by atoms with Gasteiger partial charge in [-0.25, -0.2) is 8.78 Å². The molecule has 0 aromatic heterocycles. The van der Waals surface area contributed by atoms with Gasteiger partial charge in [-0.15, -0.1) is 11.8 Å². The predicted octanol–water partition coefficient (Wildman–Crippen LogP) is 2.31. The van der Waals surface area contributed by atoms with E-state index in [1.807, 2.05) is 0 Å². The summed E-state index contributed by atoms with van der Waals surface area (Å²) in [5, 5.41) is 8.41.